The highest BCUT2D eigenvalue weighted by Crippen LogP contribution is 2.28. The fourth-order valence-corrected chi connectivity index (χ4v) is 3.68. The van der Waals surface area contributed by atoms with Crippen molar-refractivity contribution < 1.29 is 9.50 Å². The number of aromatic nitrogens is 3. The molecule has 0 saturated carbocycles. The van der Waals surface area contributed by atoms with Crippen LogP contribution in [-0.4, -0.2) is 32.8 Å². The lowest BCUT2D eigenvalue weighted by atomic mass is 9.97. The number of hydrogen-bond donors (Lipinski definition) is 1. The molecular weight excluding hydrogens is 399 g/mol. The first-order valence-corrected chi connectivity index (χ1v) is 9.25. The van der Waals surface area contributed by atoms with E-state index in [1.165, 1.54) is 17.7 Å². The molecule has 7 heteroatoms. The first-order chi connectivity index (χ1) is 12.6. The molecule has 3 heterocycles. The van der Waals surface area contributed by atoms with Gasteiger partial charge in [0.25, 0.3) is 0 Å². The Morgan fingerprint density at radius 1 is 1.27 bits per heavy atom. The van der Waals surface area contributed by atoms with E-state index in [9.17, 15) is 9.50 Å². The fraction of sp³-hybridized carbons (Fsp3) is 0.263. The lowest BCUT2D eigenvalue weighted by Gasteiger charge is -2.28. The van der Waals surface area contributed by atoms with Gasteiger partial charge in [-0.2, -0.15) is 5.10 Å². The first-order valence-electron chi connectivity index (χ1n) is 8.45. The molecule has 3 aromatic rings. The average Bonchev–Trinajstić information content (AvgIpc) is 3.03. The van der Waals surface area contributed by atoms with Crippen LogP contribution in [0, 0.1) is 5.82 Å². The van der Waals surface area contributed by atoms with Gasteiger partial charge in [0.2, 0.25) is 0 Å². The van der Waals surface area contributed by atoms with Gasteiger partial charge >= 0.3 is 0 Å². The molecule has 5 nitrogen and oxygen atoms in total. The molecule has 1 aliphatic heterocycles. The summed E-state index contributed by atoms with van der Waals surface area (Å²) in [4.78, 5) is 6.65. The van der Waals surface area contributed by atoms with Crippen LogP contribution in [-0.2, 0) is 0 Å². The van der Waals surface area contributed by atoms with Crippen LogP contribution in [0.5, 0.6) is 0 Å². The quantitative estimate of drug-likeness (QED) is 0.655. The molecule has 2 aromatic heterocycles. The summed E-state index contributed by atoms with van der Waals surface area (Å²) in [6, 6.07) is 8.04. The molecule has 134 valence electrons. The van der Waals surface area contributed by atoms with Crippen molar-refractivity contribution >= 4 is 27.3 Å². The van der Waals surface area contributed by atoms with Crippen LogP contribution in [0.25, 0.3) is 5.52 Å². The predicted octanol–water partition coefficient (Wildman–Crippen LogP) is 3.89. The van der Waals surface area contributed by atoms with Crippen molar-refractivity contribution in [2.45, 2.75) is 18.9 Å². The van der Waals surface area contributed by atoms with E-state index < -0.39 is 6.10 Å². The first kappa shape index (κ1) is 17.2. The van der Waals surface area contributed by atoms with Crippen molar-refractivity contribution in [2.75, 3.05) is 18.0 Å². The van der Waals surface area contributed by atoms with E-state index in [1.807, 2.05) is 16.8 Å². The Morgan fingerprint density at radius 3 is 2.81 bits per heavy atom. The Labute approximate surface area is 158 Å². The number of rotatable bonds is 4. The summed E-state index contributed by atoms with van der Waals surface area (Å²) in [7, 11) is 0. The smallest absolute Gasteiger partial charge is 0.156 e. The highest BCUT2D eigenvalue weighted by molar-refractivity contribution is 9.10. The number of nitrogens with zero attached hydrogens (tertiary/aromatic N) is 4. The maximum atomic E-state index is 13.0. The molecule has 0 saturated heterocycles. The van der Waals surface area contributed by atoms with Gasteiger partial charge < -0.3 is 10.0 Å². The van der Waals surface area contributed by atoms with Crippen LogP contribution in [0.15, 0.2) is 59.0 Å². The van der Waals surface area contributed by atoms with Crippen molar-refractivity contribution in [3.63, 3.8) is 0 Å². The Morgan fingerprint density at radius 2 is 2.08 bits per heavy atom. The van der Waals surface area contributed by atoms with Gasteiger partial charge in [0.15, 0.2) is 5.82 Å². The fourth-order valence-electron chi connectivity index (χ4n) is 3.27. The maximum Gasteiger partial charge on any atom is 0.156 e. The molecule has 1 aliphatic rings. The highest BCUT2D eigenvalue weighted by atomic mass is 79.9. The summed E-state index contributed by atoms with van der Waals surface area (Å²) in [5, 5.41) is 14.6. The summed E-state index contributed by atoms with van der Waals surface area (Å²) in [5.74, 6) is 0.613. The molecule has 1 atom stereocenters. The third-order valence-corrected chi connectivity index (χ3v) is 5.10. The average molecular weight is 417 g/mol. The molecular formula is C19H18BrFN4O. The summed E-state index contributed by atoms with van der Waals surface area (Å²) < 4.78 is 15.8. The topological polar surface area (TPSA) is 53.7 Å². The standard InChI is InChI=1S/C19H18BrFN4O/c20-15-10-17-19(22-12-23-25(17)11-15)24-7-5-13(6-8-24)9-18(26)14-1-3-16(21)4-2-14/h1-5,10-12,18,26H,6-9H2. The van der Waals surface area contributed by atoms with E-state index in [0.29, 0.717) is 6.42 Å². The largest absolute Gasteiger partial charge is 0.388 e. The van der Waals surface area contributed by atoms with Gasteiger partial charge in [-0.05, 0) is 52.5 Å². The van der Waals surface area contributed by atoms with E-state index >= 15 is 0 Å². The molecule has 0 bridgehead atoms. The second kappa shape index (κ2) is 7.17. The number of fused-ring (bicyclic) bond motifs is 1. The van der Waals surface area contributed by atoms with E-state index in [1.54, 1.807) is 18.5 Å². The molecule has 1 unspecified atom stereocenters. The van der Waals surface area contributed by atoms with E-state index in [2.05, 4.69) is 37.0 Å². The summed E-state index contributed by atoms with van der Waals surface area (Å²) in [5.41, 5.74) is 2.91. The third-order valence-electron chi connectivity index (χ3n) is 4.67. The van der Waals surface area contributed by atoms with Crippen molar-refractivity contribution in [1.29, 1.82) is 0 Å². The monoisotopic (exact) mass is 416 g/mol. The zero-order chi connectivity index (χ0) is 18.1. The number of aliphatic hydroxyl groups excluding tert-OH is 1. The number of hydrogen-bond acceptors (Lipinski definition) is 4. The summed E-state index contributed by atoms with van der Waals surface area (Å²) in [6.07, 6.45) is 6.43. The molecule has 4 rings (SSSR count). The lowest BCUT2D eigenvalue weighted by Crippen LogP contribution is -2.30. The number of benzene rings is 1. The Hall–Kier alpha value is -2.25. The molecule has 0 amide bonds. The number of halogens is 2. The van der Waals surface area contributed by atoms with Crippen molar-refractivity contribution in [1.82, 2.24) is 14.6 Å². The van der Waals surface area contributed by atoms with Gasteiger partial charge in [0.05, 0.1) is 6.10 Å². The Balaban J connectivity index is 1.47. The van der Waals surface area contributed by atoms with Gasteiger partial charge in [-0.1, -0.05) is 23.8 Å². The van der Waals surface area contributed by atoms with Crippen molar-refractivity contribution in [3.05, 3.63) is 70.4 Å². The molecule has 0 radical (unpaired) electrons. The summed E-state index contributed by atoms with van der Waals surface area (Å²) >= 11 is 3.48. The minimum Gasteiger partial charge on any atom is -0.388 e. The van der Waals surface area contributed by atoms with Gasteiger partial charge in [0, 0.05) is 23.8 Å². The second-order valence-corrected chi connectivity index (χ2v) is 7.32. The minimum absolute atomic E-state index is 0.290. The molecule has 0 aliphatic carbocycles. The van der Waals surface area contributed by atoms with Gasteiger partial charge in [-0.25, -0.2) is 13.9 Å². The zero-order valence-electron chi connectivity index (χ0n) is 14.0. The molecule has 0 fully saturated rings. The lowest BCUT2D eigenvalue weighted by molar-refractivity contribution is 0.177. The van der Waals surface area contributed by atoms with Crippen LogP contribution in [0.4, 0.5) is 10.2 Å². The molecule has 0 spiro atoms. The molecule has 1 N–H and O–H groups in total. The predicted molar refractivity (Wildman–Crippen MR) is 102 cm³/mol. The van der Waals surface area contributed by atoms with E-state index in [4.69, 9.17) is 0 Å². The maximum absolute atomic E-state index is 13.0. The van der Waals surface area contributed by atoms with Crippen LogP contribution in [0.3, 0.4) is 0 Å². The normalized spacial score (nSPS) is 16.0. The van der Waals surface area contributed by atoms with Crippen LogP contribution in [0.2, 0.25) is 0 Å². The van der Waals surface area contributed by atoms with Crippen molar-refractivity contribution in [2.24, 2.45) is 0 Å². The van der Waals surface area contributed by atoms with Gasteiger partial charge in [-0.15, -0.1) is 0 Å². The minimum atomic E-state index is -0.610. The molecule has 26 heavy (non-hydrogen) atoms. The third kappa shape index (κ3) is 3.50. The Bertz CT molecular complexity index is 954. The van der Waals surface area contributed by atoms with E-state index in [-0.39, 0.29) is 5.82 Å². The van der Waals surface area contributed by atoms with E-state index in [0.717, 1.165) is 40.9 Å². The second-order valence-electron chi connectivity index (χ2n) is 6.40. The van der Waals surface area contributed by atoms with Crippen LogP contribution in [0.1, 0.15) is 24.5 Å². The Kier molecular flexibility index (Phi) is 4.74. The van der Waals surface area contributed by atoms with Gasteiger partial charge in [0.1, 0.15) is 17.7 Å². The van der Waals surface area contributed by atoms with Crippen LogP contribution < -0.4 is 4.90 Å². The summed E-state index contributed by atoms with van der Waals surface area (Å²) in [6.45, 7) is 1.57. The van der Waals surface area contributed by atoms with Crippen LogP contribution >= 0.6 is 15.9 Å². The number of anilines is 1. The zero-order valence-corrected chi connectivity index (χ0v) is 15.6. The SMILES string of the molecule is OC(CC1=CCN(c2ncnn3cc(Br)cc23)CC1)c1ccc(F)cc1. The number of aliphatic hydroxyl groups is 1. The molecule has 1 aromatic carbocycles. The van der Waals surface area contributed by atoms with Gasteiger partial charge in [-0.3, -0.25) is 0 Å². The highest BCUT2D eigenvalue weighted by Gasteiger charge is 2.19. The van der Waals surface area contributed by atoms with Crippen molar-refractivity contribution in [3.8, 4) is 0 Å².